The molecule has 0 aliphatic heterocycles. The van der Waals surface area contributed by atoms with Crippen molar-refractivity contribution in [3.05, 3.63) is 30.1 Å². The molecule has 114 valence electrons. The number of para-hydroxylation sites is 2. The third kappa shape index (κ3) is 3.29. The first-order chi connectivity index (χ1) is 10.1. The summed E-state index contributed by atoms with van der Waals surface area (Å²) in [5.74, 6) is 1.11. The topological polar surface area (TPSA) is 29.9 Å². The molecule has 1 aliphatic rings. The highest BCUT2D eigenvalue weighted by atomic mass is 15.1. The molecule has 0 spiro atoms. The van der Waals surface area contributed by atoms with Crippen LogP contribution in [0.2, 0.25) is 0 Å². The fourth-order valence-electron chi connectivity index (χ4n) is 3.46. The van der Waals surface area contributed by atoms with Crippen LogP contribution in [0.3, 0.4) is 0 Å². The first-order valence-electron chi connectivity index (χ1n) is 8.20. The number of aromatic nitrogens is 2. The predicted octanol–water partition coefficient (Wildman–Crippen LogP) is 3.90. The van der Waals surface area contributed by atoms with Gasteiger partial charge in [-0.3, -0.25) is 0 Å². The van der Waals surface area contributed by atoms with Crippen LogP contribution in [0, 0.1) is 12.3 Å². The number of rotatable bonds is 4. The van der Waals surface area contributed by atoms with Crippen LogP contribution in [-0.4, -0.2) is 22.1 Å². The number of aryl methyl sites for hydroxylation is 1. The first kappa shape index (κ1) is 14.6. The molecule has 0 atom stereocenters. The Morgan fingerprint density at radius 3 is 2.71 bits per heavy atom. The van der Waals surface area contributed by atoms with Gasteiger partial charge in [0.25, 0.3) is 0 Å². The molecule has 1 saturated carbocycles. The van der Waals surface area contributed by atoms with Crippen molar-refractivity contribution in [2.45, 2.75) is 59.0 Å². The first-order valence-corrected chi connectivity index (χ1v) is 8.20. The number of fused-ring (bicyclic) bond motifs is 1. The van der Waals surface area contributed by atoms with Gasteiger partial charge in [0, 0.05) is 19.1 Å². The summed E-state index contributed by atoms with van der Waals surface area (Å²) in [4.78, 5) is 4.63. The smallest absolute Gasteiger partial charge is 0.106 e. The van der Waals surface area contributed by atoms with Gasteiger partial charge in [-0.05, 0) is 50.2 Å². The fourth-order valence-corrected chi connectivity index (χ4v) is 3.46. The molecule has 0 unspecified atom stereocenters. The molecular weight excluding hydrogens is 258 g/mol. The third-order valence-electron chi connectivity index (χ3n) is 4.95. The lowest BCUT2D eigenvalue weighted by Gasteiger charge is -2.34. The molecule has 0 saturated heterocycles. The van der Waals surface area contributed by atoms with E-state index in [1.54, 1.807) is 0 Å². The maximum absolute atomic E-state index is 4.63. The van der Waals surface area contributed by atoms with Crippen LogP contribution in [0.4, 0.5) is 0 Å². The van der Waals surface area contributed by atoms with E-state index in [1.165, 1.54) is 31.2 Å². The quantitative estimate of drug-likeness (QED) is 0.923. The van der Waals surface area contributed by atoms with Gasteiger partial charge in [0.15, 0.2) is 0 Å². The van der Waals surface area contributed by atoms with Gasteiger partial charge in [-0.15, -0.1) is 0 Å². The largest absolute Gasteiger partial charge is 0.327 e. The molecule has 1 aromatic carbocycles. The summed E-state index contributed by atoms with van der Waals surface area (Å²) in [6, 6.07) is 9.11. The highest BCUT2D eigenvalue weighted by Gasteiger charge is 2.26. The lowest BCUT2D eigenvalue weighted by atomic mass is 9.75. The van der Waals surface area contributed by atoms with Crippen molar-refractivity contribution < 1.29 is 0 Å². The van der Waals surface area contributed by atoms with Crippen LogP contribution in [-0.2, 0) is 6.54 Å². The molecule has 0 radical (unpaired) electrons. The Labute approximate surface area is 127 Å². The number of benzene rings is 1. The Balaban J connectivity index is 1.57. The molecule has 1 aromatic heterocycles. The van der Waals surface area contributed by atoms with Gasteiger partial charge < -0.3 is 9.88 Å². The summed E-state index contributed by atoms with van der Waals surface area (Å²) >= 11 is 0. The standard InChI is InChI=1S/C18H27N3/c1-14-20-16-6-4-5-7-17(16)21(14)13-12-19-15-8-10-18(2,3)11-9-15/h4-7,15,19H,8-13H2,1-3H3. The Bertz CT molecular complexity index is 602. The van der Waals surface area contributed by atoms with Crippen molar-refractivity contribution in [2.24, 2.45) is 5.41 Å². The summed E-state index contributed by atoms with van der Waals surface area (Å²) in [5.41, 5.74) is 2.91. The van der Waals surface area contributed by atoms with Gasteiger partial charge in [0.2, 0.25) is 0 Å². The van der Waals surface area contributed by atoms with E-state index < -0.39 is 0 Å². The highest BCUT2D eigenvalue weighted by molar-refractivity contribution is 5.75. The molecule has 1 aliphatic carbocycles. The summed E-state index contributed by atoms with van der Waals surface area (Å²) in [6.07, 6.45) is 5.32. The van der Waals surface area contributed by atoms with E-state index in [9.17, 15) is 0 Å². The number of imidazole rings is 1. The second-order valence-electron chi connectivity index (χ2n) is 7.19. The SMILES string of the molecule is Cc1nc2ccccc2n1CCNC1CCC(C)(C)CC1. The Kier molecular flexibility index (Phi) is 4.03. The van der Waals surface area contributed by atoms with E-state index >= 15 is 0 Å². The maximum atomic E-state index is 4.63. The molecule has 0 amide bonds. The number of nitrogens with one attached hydrogen (secondary N) is 1. The minimum Gasteiger partial charge on any atom is -0.327 e. The molecule has 1 fully saturated rings. The van der Waals surface area contributed by atoms with Gasteiger partial charge >= 0.3 is 0 Å². The van der Waals surface area contributed by atoms with Crippen LogP contribution < -0.4 is 5.32 Å². The van der Waals surface area contributed by atoms with Crippen molar-refractivity contribution in [3.8, 4) is 0 Å². The molecule has 3 rings (SSSR count). The Hall–Kier alpha value is -1.35. The van der Waals surface area contributed by atoms with Crippen molar-refractivity contribution in [1.82, 2.24) is 14.9 Å². The molecule has 1 N–H and O–H groups in total. The molecule has 3 nitrogen and oxygen atoms in total. The van der Waals surface area contributed by atoms with Crippen LogP contribution in [0.1, 0.15) is 45.4 Å². The summed E-state index contributed by atoms with van der Waals surface area (Å²) in [7, 11) is 0. The third-order valence-corrected chi connectivity index (χ3v) is 4.95. The van der Waals surface area contributed by atoms with Crippen molar-refractivity contribution >= 4 is 11.0 Å². The van der Waals surface area contributed by atoms with Crippen LogP contribution in [0.25, 0.3) is 11.0 Å². The minimum atomic E-state index is 0.551. The lowest BCUT2D eigenvalue weighted by Crippen LogP contribution is -2.37. The highest BCUT2D eigenvalue weighted by Crippen LogP contribution is 2.34. The zero-order valence-corrected chi connectivity index (χ0v) is 13.5. The fraction of sp³-hybridized carbons (Fsp3) is 0.611. The number of hydrogen-bond acceptors (Lipinski definition) is 2. The predicted molar refractivity (Wildman–Crippen MR) is 88.5 cm³/mol. The molecule has 0 bridgehead atoms. The Morgan fingerprint density at radius 2 is 1.95 bits per heavy atom. The van der Waals surface area contributed by atoms with Gasteiger partial charge in [-0.25, -0.2) is 4.98 Å². The van der Waals surface area contributed by atoms with Gasteiger partial charge in [-0.1, -0.05) is 26.0 Å². The zero-order valence-electron chi connectivity index (χ0n) is 13.5. The van der Waals surface area contributed by atoms with E-state index in [1.807, 2.05) is 0 Å². The van der Waals surface area contributed by atoms with Crippen LogP contribution >= 0.6 is 0 Å². The number of nitrogens with zero attached hydrogens (tertiary/aromatic N) is 2. The maximum Gasteiger partial charge on any atom is 0.106 e. The number of hydrogen-bond donors (Lipinski definition) is 1. The lowest BCUT2D eigenvalue weighted by molar-refractivity contribution is 0.206. The van der Waals surface area contributed by atoms with Crippen molar-refractivity contribution in [2.75, 3.05) is 6.54 Å². The summed E-state index contributed by atoms with van der Waals surface area (Å²) in [5, 5.41) is 3.74. The zero-order chi connectivity index (χ0) is 14.9. The summed E-state index contributed by atoms with van der Waals surface area (Å²) < 4.78 is 2.33. The van der Waals surface area contributed by atoms with Gasteiger partial charge in [-0.2, -0.15) is 0 Å². The van der Waals surface area contributed by atoms with Crippen molar-refractivity contribution in [3.63, 3.8) is 0 Å². The monoisotopic (exact) mass is 285 g/mol. The van der Waals surface area contributed by atoms with Crippen molar-refractivity contribution in [1.29, 1.82) is 0 Å². The molecule has 3 heteroatoms. The molecule has 2 aromatic rings. The Morgan fingerprint density at radius 1 is 1.24 bits per heavy atom. The molecule has 1 heterocycles. The van der Waals surface area contributed by atoms with E-state index in [0.717, 1.165) is 24.4 Å². The van der Waals surface area contributed by atoms with Crippen LogP contribution in [0.15, 0.2) is 24.3 Å². The summed E-state index contributed by atoms with van der Waals surface area (Å²) in [6.45, 7) is 8.93. The normalized spacial score (nSPS) is 19.2. The average Bonchev–Trinajstić information content (AvgIpc) is 2.77. The second-order valence-corrected chi connectivity index (χ2v) is 7.19. The van der Waals surface area contributed by atoms with E-state index in [-0.39, 0.29) is 0 Å². The van der Waals surface area contributed by atoms with E-state index in [4.69, 9.17) is 0 Å². The average molecular weight is 285 g/mol. The molecular formula is C18H27N3. The second kappa shape index (κ2) is 5.80. The molecule has 21 heavy (non-hydrogen) atoms. The van der Waals surface area contributed by atoms with E-state index in [0.29, 0.717) is 11.5 Å². The van der Waals surface area contributed by atoms with Gasteiger partial charge in [0.05, 0.1) is 11.0 Å². The van der Waals surface area contributed by atoms with Gasteiger partial charge in [0.1, 0.15) is 5.82 Å². The van der Waals surface area contributed by atoms with E-state index in [2.05, 4.69) is 59.9 Å². The minimum absolute atomic E-state index is 0.551. The van der Waals surface area contributed by atoms with Crippen LogP contribution in [0.5, 0.6) is 0 Å².